The normalized spacial score (nSPS) is 12.6. The van der Waals surface area contributed by atoms with Gasteiger partial charge in [0, 0.05) is 19.3 Å². The average Bonchev–Trinajstić information content (AvgIpc) is 3.29. The van der Waals surface area contributed by atoms with Gasteiger partial charge in [0.25, 0.3) is 0 Å². The quantitative estimate of drug-likeness (QED) is 0.0262. The zero-order valence-electron chi connectivity index (χ0n) is 42.0. The molecule has 0 N–H and O–H groups in total. The minimum atomic E-state index is -0.796. The summed E-state index contributed by atoms with van der Waals surface area (Å²) < 4.78 is 16.8. The van der Waals surface area contributed by atoms with E-state index in [1.165, 1.54) is 109 Å². The maximum atomic E-state index is 12.8. The number of carbonyl (C=O) groups is 3. The van der Waals surface area contributed by atoms with Crippen LogP contribution in [0.1, 0.15) is 258 Å². The average molecular weight is 893 g/mol. The van der Waals surface area contributed by atoms with Gasteiger partial charge in [-0.15, -0.1) is 0 Å². The Morgan fingerprint density at radius 3 is 1.02 bits per heavy atom. The highest BCUT2D eigenvalue weighted by Gasteiger charge is 2.19. The first-order chi connectivity index (χ1) is 31.5. The first-order valence-electron chi connectivity index (χ1n) is 26.9. The molecule has 0 aliphatic heterocycles. The van der Waals surface area contributed by atoms with E-state index in [0.717, 1.165) is 109 Å². The number of hydrogen-bond acceptors (Lipinski definition) is 6. The van der Waals surface area contributed by atoms with Gasteiger partial charge >= 0.3 is 17.9 Å². The van der Waals surface area contributed by atoms with Crippen LogP contribution in [-0.2, 0) is 28.6 Å². The molecule has 0 aromatic heterocycles. The summed E-state index contributed by atoms with van der Waals surface area (Å²) in [6, 6.07) is 0. The van der Waals surface area contributed by atoms with Gasteiger partial charge in [0.05, 0.1) is 0 Å². The SMILES string of the molecule is CC/C=C\C/C=C\C/C=C\CCCCCC(=O)OCC(COC(=O)CCCCCCCCC/C=C\CCCCCCCCC)OC(=O)CCCCCCC/C=C\C/C=C\CCCCC. The molecule has 0 amide bonds. The van der Waals surface area contributed by atoms with Crippen molar-refractivity contribution >= 4 is 17.9 Å². The van der Waals surface area contributed by atoms with Crippen LogP contribution in [0.15, 0.2) is 72.9 Å². The lowest BCUT2D eigenvalue weighted by molar-refractivity contribution is -0.167. The van der Waals surface area contributed by atoms with E-state index in [1.807, 2.05) is 0 Å². The summed E-state index contributed by atoms with van der Waals surface area (Å²) in [5.41, 5.74) is 0. The van der Waals surface area contributed by atoms with Crippen LogP contribution in [0.2, 0.25) is 0 Å². The van der Waals surface area contributed by atoms with Gasteiger partial charge < -0.3 is 14.2 Å². The number of carbonyl (C=O) groups excluding carboxylic acids is 3. The molecule has 0 heterocycles. The summed E-state index contributed by atoms with van der Waals surface area (Å²) in [6.45, 7) is 6.46. The molecule has 0 fully saturated rings. The second-order valence-corrected chi connectivity index (χ2v) is 17.7. The lowest BCUT2D eigenvalue weighted by atomic mass is 10.1. The van der Waals surface area contributed by atoms with Gasteiger partial charge in [-0.1, -0.05) is 203 Å². The number of unbranched alkanes of at least 4 members (excludes halogenated alkanes) is 25. The molecule has 0 saturated carbocycles. The fraction of sp³-hybridized carbons (Fsp3) is 0.741. The van der Waals surface area contributed by atoms with Crippen LogP contribution in [0, 0.1) is 0 Å². The predicted octanol–water partition coefficient (Wildman–Crippen LogP) is 17.8. The second-order valence-electron chi connectivity index (χ2n) is 17.7. The summed E-state index contributed by atoms with van der Waals surface area (Å²) in [5.74, 6) is -0.938. The molecule has 1 unspecified atom stereocenters. The fourth-order valence-corrected chi connectivity index (χ4v) is 7.36. The van der Waals surface area contributed by atoms with Crippen LogP contribution in [0.3, 0.4) is 0 Å². The van der Waals surface area contributed by atoms with Crippen LogP contribution in [-0.4, -0.2) is 37.2 Å². The van der Waals surface area contributed by atoms with Gasteiger partial charge in [0.15, 0.2) is 6.10 Å². The lowest BCUT2D eigenvalue weighted by Gasteiger charge is -2.18. The molecular weight excluding hydrogens is 793 g/mol. The molecule has 1 atom stereocenters. The van der Waals surface area contributed by atoms with E-state index < -0.39 is 6.10 Å². The third-order valence-corrected chi connectivity index (χ3v) is 11.4. The molecule has 6 nitrogen and oxygen atoms in total. The molecule has 0 aromatic carbocycles. The van der Waals surface area contributed by atoms with E-state index >= 15 is 0 Å². The van der Waals surface area contributed by atoms with E-state index in [2.05, 4.69) is 93.7 Å². The van der Waals surface area contributed by atoms with Gasteiger partial charge in [-0.2, -0.15) is 0 Å². The third kappa shape index (κ3) is 49.9. The van der Waals surface area contributed by atoms with Crippen molar-refractivity contribution in [1.29, 1.82) is 0 Å². The molecule has 0 bridgehead atoms. The van der Waals surface area contributed by atoms with Crippen molar-refractivity contribution in [2.24, 2.45) is 0 Å². The summed E-state index contributed by atoms with van der Waals surface area (Å²) in [5, 5.41) is 0. The maximum absolute atomic E-state index is 12.8. The molecule has 0 radical (unpaired) electrons. The van der Waals surface area contributed by atoms with Crippen molar-refractivity contribution in [2.45, 2.75) is 264 Å². The van der Waals surface area contributed by atoms with Gasteiger partial charge in [0.1, 0.15) is 13.2 Å². The minimum Gasteiger partial charge on any atom is -0.462 e. The molecule has 0 aliphatic rings. The van der Waals surface area contributed by atoms with Crippen LogP contribution >= 0.6 is 0 Å². The summed E-state index contributed by atoms with van der Waals surface area (Å²) >= 11 is 0. The summed E-state index contributed by atoms with van der Waals surface area (Å²) in [4.78, 5) is 38.0. The molecule has 0 aromatic rings. The first-order valence-corrected chi connectivity index (χ1v) is 26.9. The van der Waals surface area contributed by atoms with Crippen molar-refractivity contribution in [3.8, 4) is 0 Å². The number of allylic oxidation sites excluding steroid dienone is 12. The molecule has 64 heavy (non-hydrogen) atoms. The largest absolute Gasteiger partial charge is 0.462 e. The second kappa shape index (κ2) is 52.5. The van der Waals surface area contributed by atoms with E-state index in [9.17, 15) is 14.4 Å². The Labute approximate surface area is 395 Å². The maximum Gasteiger partial charge on any atom is 0.306 e. The van der Waals surface area contributed by atoms with E-state index in [-0.39, 0.29) is 31.1 Å². The van der Waals surface area contributed by atoms with Crippen molar-refractivity contribution in [3.63, 3.8) is 0 Å². The number of rotatable bonds is 48. The molecule has 0 rings (SSSR count). The Kier molecular flexibility index (Phi) is 49.9. The van der Waals surface area contributed by atoms with Crippen LogP contribution in [0.25, 0.3) is 0 Å². The van der Waals surface area contributed by atoms with Crippen LogP contribution in [0.5, 0.6) is 0 Å². The van der Waals surface area contributed by atoms with E-state index in [1.54, 1.807) is 0 Å². The summed E-state index contributed by atoms with van der Waals surface area (Å²) in [6.07, 6.45) is 66.0. The minimum absolute atomic E-state index is 0.0928. The highest BCUT2D eigenvalue weighted by atomic mass is 16.6. The molecular formula is C58H100O6. The van der Waals surface area contributed by atoms with Crippen molar-refractivity contribution < 1.29 is 28.6 Å². The Hall–Kier alpha value is -3.15. The van der Waals surface area contributed by atoms with Crippen molar-refractivity contribution in [1.82, 2.24) is 0 Å². The monoisotopic (exact) mass is 893 g/mol. The fourth-order valence-electron chi connectivity index (χ4n) is 7.36. The number of esters is 3. The van der Waals surface area contributed by atoms with E-state index in [0.29, 0.717) is 19.3 Å². The molecule has 0 aliphatic carbocycles. The lowest BCUT2D eigenvalue weighted by Crippen LogP contribution is -2.30. The Balaban J connectivity index is 4.42. The molecule has 0 saturated heterocycles. The number of ether oxygens (including phenoxy) is 3. The highest BCUT2D eigenvalue weighted by molar-refractivity contribution is 5.71. The predicted molar refractivity (Wildman–Crippen MR) is 274 cm³/mol. The van der Waals surface area contributed by atoms with Crippen molar-refractivity contribution in [2.75, 3.05) is 13.2 Å². The molecule has 0 spiro atoms. The Bertz CT molecular complexity index is 1210. The topological polar surface area (TPSA) is 78.9 Å². The Morgan fingerprint density at radius 1 is 0.328 bits per heavy atom. The standard InChI is InChI=1S/C58H100O6/c1-4-7-10-13-16-19-22-25-27-28-29-31-33-36-39-42-45-48-51-57(60)63-54-55(53-62-56(59)50-47-44-41-38-35-32-24-21-18-15-12-9-6-3)64-58(61)52-49-46-43-40-37-34-30-26-23-20-17-14-11-8-5-2/h9,12,17-18,20-21,26-28,30,32,35,55H,4-8,10-11,13-16,19,22-25,29,31,33-34,36-54H2,1-3H3/b12-9-,20-17-,21-18-,28-27-,30-26-,35-32-. The van der Waals surface area contributed by atoms with Gasteiger partial charge in [-0.3, -0.25) is 14.4 Å². The summed E-state index contributed by atoms with van der Waals surface area (Å²) in [7, 11) is 0. The van der Waals surface area contributed by atoms with E-state index in [4.69, 9.17) is 14.2 Å². The molecule has 6 heteroatoms. The molecule has 368 valence electrons. The smallest absolute Gasteiger partial charge is 0.306 e. The van der Waals surface area contributed by atoms with Gasteiger partial charge in [-0.25, -0.2) is 0 Å². The number of hydrogen-bond donors (Lipinski definition) is 0. The van der Waals surface area contributed by atoms with Gasteiger partial charge in [0.2, 0.25) is 0 Å². The van der Waals surface area contributed by atoms with Crippen LogP contribution in [0.4, 0.5) is 0 Å². The van der Waals surface area contributed by atoms with Crippen molar-refractivity contribution in [3.05, 3.63) is 72.9 Å². The van der Waals surface area contributed by atoms with Gasteiger partial charge in [-0.05, 0) is 109 Å². The zero-order valence-corrected chi connectivity index (χ0v) is 42.0. The first kappa shape index (κ1) is 60.9. The highest BCUT2D eigenvalue weighted by Crippen LogP contribution is 2.14. The zero-order chi connectivity index (χ0) is 46.5. The van der Waals surface area contributed by atoms with Crippen LogP contribution < -0.4 is 0 Å². The Morgan fingerprint density at radius 2 is 0.609 bits per heavy atom. The third-order valence-electron chi connectivity index (χ3n) is 11.4.